The number of rotatable bonds is 5. The lowest BCUT2D eigenvalue weighted by atomic mass is 10.2. The summed E-state index contributed by atoms with van der Waals surface area (Å²) in [6.07, 6.45) is 1.56. The van der Waals surface area contributed by atoms with Crippen LogP contribution in [0.2, 0.25) is 0 Å². The van der Waals surface area contributed by atoms with Crippen molar-refractivity contribution in [2.24, 2.45) is 0 Å². The molecule has 0 N–H and O–H groups in total. The number of aromatic nitrogens is 1. The SMILES string of the molecule is CCOC(=O)c1ccc(SCc2ccccc2)nc1. The van der Waals surface area contributed by atoms with Crippen LogP contribution < -0.4 is 0 Å². The maximum atomic E-state index is 11.5. The van der Waals surface area contributed by atoms with Crippen LogP contribution in [-0.2, 0) is 10.5 Å². The number of pyridine rings is 1. The van der Waals surface area contributed by atoms with E-state index < -0.39 is 0 Å². The Hall–Kier alpha value is -1.81. The van der Waals surface area contributed by atoms with Gasteiger partial charge < -0.3 is 4.74 Å². The highest BCUT2D eigenvalue weighted by Crippen LogP contribution is 2.20. The van der Waals surface area contributed by atoms with E-state index in [4.69, 9.17) is 4.74 Å². The maximum Gasteiger partial charge on any atom is 0.339 e. The van der Waals surface area contributed by atoms with Crippen molar-refractivity contribution in [3.8, 4) is 0 Å². The van der Waals surface area contributed by atoms with E-state index in [-0.39, 0.29) is 5.97 Å². The Morgan fingerprint density at radius 1 is 1.21 bits per heavy atom. The van der Waals surface area contributed by atoms with Gasteiger partial charge in [-0.2, -0.15) is 0 Å². The largest absolute Gasteiger partial charge is 0.462 e. The molecule has 0 bridgehead atoms. The van der Waals surface area contributed by atoms with E-state index in [0.29, 0.717) is 12.2 Å². The summed E-state index contributed by atoms with van der Waals surface area (Å²) in [5, 5.41) is 0.900. The summed E-state index contributed by atoms with van der Waals surface area (Å²) in [6.45, 7) is 2.17. The second-order valence-corrected chi connectivity index (χ2v) is 4.88. The van der Waals surface area contributed by atoms with Gasteiger partial charge in [-0.3, -0.25) is 0 Å². The van der Waals surface area contributed by atoms with Crippen molar-refractivity contribution in [3.63, 3.8) is 0 Å². The lowest BCUT2D eigenvalue weighted by Crippen LogP contribution is -2.04. The summed E-state index contributed by atoms with van der Waals surface area (Å²) in [5.74, 6) is 0.543. The number of carbonyl (C=O) groups excluding carboxylic acids is 1. The van der Waals surface area contributed by atoms with Crippen molar-refractivity contribution in [1.82, 2.24) is 4.98 Å². The van der Waals surface area contributed by atoms with Crippen molar-refractivity contribution >= 4 is 17.7 Å². The smallest absolute Gasteiger partial charge is 0.339 e. The molecule has 1 aromatic carbocycles. The van der Waals surface area contributed by atoms with Crippen LogP contribution in [-0.4, -0.2) is 17.6 Å². The number of esters is 1. The molecule has 1 heterocycles. The first-order chi connectivity index (χ1) is 9.29. The standard InChI is InChI=1S/C15H15NO2S/c1-2-18-15(17)13-8-9-14(16-10-13)19-11-12-6-4-3-5-7-12/h3-10H,2,11H2,1H3. The summed E-state index contributed by atoms with van der Waals surface area (Å²) in [5.41, 5.74) is 1.75. The van der Waals surface area contributed by atoms with Crippen molar-refractivity contribution in [2.75, 3.05) is 6.61 Å². The molecule has 19 heavy (non-hydrogen) atoms. The number of hydrogen-bond acceptors (Lipinski definition) is 4. The summed E-state index contributed by atoms with van der Waals surface area (Å²) >= 11 is 1.64. The monoisotopic (exact) mass is 273 g/mol. The third-order valence-electron chi connectivity index (χ3n) is 2.48. The van der Waals surface area contributed by atoms with E-state index >= 15 is 0 Å². The molecule has 3 nitrogen and oxygen atoms in total. The number of thioether (sulfide) groups is 1. The van der Waals surface area contributed by atoms with Gasteiger partial charge in [0.05, 0.1) is 17.2 Å². The highest BCUT2D eigenvalue weighted by molar-refractivity contribution is 7.98. The molecule has 0 atom stereocenters. The summed E-state index contributed by atoms with van der Waals surface area (Å²) < 4.78 is 4.91. The van der Waals surface area contributed by atoms with Gasteiger partial charge in [0.2, 0.25) is 0 Å². The molecule has 0 spiro atoms. The molecular weight excluding hydrogens is 258 g/mol. The first-order valence-electron chi connectivity index (χ1n) is 6.09. The molecular formula is C15H15NO2S. The average molecular weight is 273 g/mol. The lowest BCUT2D eigenvalue weighted by Gasteiger charge is -2.03. The van der Waals surface area contributed by atoms with Crippen molar-refractivity contribution < 1.29 is 9.53 Å². The van der Waals surface area contributed by atoms with Gasteiger partial charge >= 0.3 is 5.97 Å². The Balaban J connectivity index is 1.94. The van der Waals surface area contributed by atoms with Crippen LogP contribution in [0.15, 0.2) is 53.7 Å². The Morgan fingerprint density at radius 2 is 2.00 bits per heavy atom. The number of carbonyl (C=O) groups is 1. The zero-order valence-electron chi connectivity index (χ0n) is 10.7. The number of benzene rings is 1. The lowest BCUT2D eigenvalue weighted by molar-refractivity contribution is 0.0525. The van der Waals surface area contributed by atoms with E-state index in [2.05, 4.69) is 17.1 Å². The molecule has 0 saturated heterocycles. The van der Waals surface area contributed by atoms with Crippen LogP contribution in [0.1, 0.15) is 22.8 Å². The van der Waals surface area contributed by atoms with Gasteiger partial charge in [-0.15, -0.1) is 11.8 Å². The highest BCUT2D eigenvalue weighted by atomic mass is 32.2. The second kappa shape index (κ2) is 6.95. The molecule has 98 valence electrons. The second-order valence-electron chi connectivity index (χ2n) is 3.88. The van der Waals surface area contributed by atoms with Crippen LogP contribution in [0.5, 0.6) is 0 Å². The van der Waals surface area contributed by atoms with E-state index in [1.54, 1.807) is 30.9 Å². The minimum atomic E-state index is -0.324. The van der Waals surface area contributed by atoms with Crippen molar-refractivity contribution in [1.29, 1.82) is 0 Å². The molecule has 0 aliphatic heterocycles. The van der Waals surface area contributed by atoms with Crippen molar-refractivity contribution in [2.45, 2.75) is 17.7 Å². The number of nitrogens with zero attached hydrogens (tertiary/aromatic N) is 1. The molecule has 0 aliphatic rings. The van der Waals surface area contributed by atoms with Crippen LogP contribution in [0.25, 0.3) is 0 Å². The zero-order valence-corrected chi connectivity index (χ0v) is 11.5. The quantitative estimate of drug-likeness (QED) is 0.617. The van der Waals surface area contributed by atoms with E-state index in [9.17, 15) is 4.79 Å². The van der Waals surface area contributed by atoms with Gasteiger partial charge in [-0.1, -0.05) is 30.3 Å². The molecule has 0 radical (unpaired) electrons. The molecule has 0 fully saturated rings. The summed E-state index contributed by atoms with van der Waals surface area (Å²) in [4.78, 5) is 15.7. The predicted octanol–water partition coefficient (Wildman–Crippen LogP) is 3.55. The molecule has 0 unspecified atom stereocenters. The predicted molar refractivity (Wildman–Crippen MR) is 76.2 cm³/mol. The van der Waals surface area contributed by atoms with Crippen LogP contribution in [0, 0.1) is 0 Å². The molecule has 2 rings (SSSR count). The fraction of sp³-hybridized carbons (Fsp3) is 0.200. The van der Waals surface area contributed by atoms with Crippen LogP contribution in [0.3, 0.4) is 0 Å². The molecule has 0 aliphatic carbocycles. The van der Waals surface area contributed by atoms with Gasteiger partial charge in [0, 0.05) is 11.9 Å². The maximum absolute atomic E-state index is 11.5. The molecule has 4 heteroatoms. The third-order valence-corrected chi connectivity index (χ3v) is 3.49. The van der Waals surface area contributed by atoms with Gasteiger partial charge in [0.15, 0.2) is 0 Å². The van der Waals surface area contributed by atoms with Gasteiger partial charge in [0.25, 0.3) is 0 Å². The molecule has 2 aromatic rings. The van der Waals surface area contributed by atoms with Crippen LogP contribution in [0.4, 0.5) is 0 Å². The highest BCUT2D eigenvalue weighted by Gasteiger charge is 2.06. The fourth-order valence-electron chi connectivity index (χ4n) is 1.53. The number of ether oxygens (including phenoxy) is 1. The first kappa shape index (κ1) is 13.6. The topological polar surface area (TPSA) is 39.2 Å². The van der Waals surface area contributed by atoms with Gasteiger partial charge in [0.1, 0.15) is 0 Å². The van der Waals surface area contributed by atoms with E-state index in [0.717, 1.165) is 10.8 Å². The fourth-order valence-corrected chi connectivity index (χ4v) is 2.33. The number of hydrogen-bond donors (Lipinski definition) is 0. The van der Waals surface area contributed by atoms with Crippen molar-refractivity contribution in [3.05, 3.63) is 59.8 Å². The third kappa shape index (κ3) is 4.10. The molecule has 0 amide bonds. The normalized spacial score (nSPS) is 10.2. The Kier molecular flexibility index (Phi) is 4.98. The molecule has 1 aromatic heterocycles. The molecule has 0 saturated carbocycles. The Bertz CT molecular complexity index is 526. The summed E-state index contributed by atoms with van der Waals surface area (Å²) in [6, 6.07) is 13.8. The minimum Gasteiger partial charge on any atom is -0.462 e. The Morgan fingerprint density at radius 3 is 2.63 bits per heavy atom. The average Bonchev–Trinajstić information content (AvgIpc) is 2.47. The summed E-state index contributed by atoms with van der Waals surface area (Å²) in [7, 11) is 0. The van der Waals surface area contributed by atoms with Crippen LogP contribution >= 0.6 is 11.8 Å². The first-order valence-corrected chi connectivity index (χ1v) is 7.08. The minimum absolute atomic E-state index is 0.324. The zero-order chi connectivity index (χ0) is 13.5. The van der Waals surface area contributed by atoms with Gasteiger partial charge in [-0.05, 0) is 24.6 Å². The van der Waals surface area contributed by atoms with E-state index in [1.165, 1.54) is 5.56 Å². The van der Waals surface area contributed by atoms with Gasteiger partial charge in [-0.25, -0.2) is 9.78 Å². The van der Waals surface area contributed by atoms with E-state index in [1.807, 2.05) is 24.3 Å². The Labute approximate surface area is 117 Å².